The summed E-state index contributed by atoms with van der Waals surface area (Å²) in [5, 5.41) is 11.7. The van der Waals surface area contributed by atoms with Gasteiger partial charge in [0.15, 0.2) is 11.0 Å². The van der Waals surface area contributed by atoms with Crippen LogP contribution in [0.25, 0.3) is 11.4 Å². The van der Waals surface area contributed by atoms with Gasteiger partial charge in [0.2, 0.25) is 5.91 Å². The Morgan fingerprint density at radius 3 is 2.55 bits per heavy atom. The molecule has 0 fully saturated rings. The van der Waals surface area contributed by atoms with Crippen LogP contribution in [0.3, 0.4) is 0 Å². The molecule has 1 aromatic carbocycles. The van der Waals surface area contributed by atoms with Crippen molar-refractivity contribution in [1.29, 1.82) is 0 Å². The highest BCUT2D eigenvalue weighted by Crippen LogP contribution is 2.21. The lowest BCUT2D eigenvalue weighted by atomic mass is 10.1. The van der Waals surface area contributed by atoms with Crippen molar-refractivity contribution in [3.8, 4) is 11.4 Å². The summed E-state index contributed by atoms with van der Waals surface area (Å²) in [5.74, 6) is 0.0254. The van der Waals surface area contributed by atoms with E-state index in [1.807, 2.05) is 54.1 Å². The zero-order chi connectivity index (χ0) is 20.6. The highest BCUT2D eigenvalue weighted by Gasteiger charge is 2.22. The number of pyridine rings is 1. The number of methoxy groups -OCH3 is 1. The molecular formula is C20H21N5O3S. The quantitative estimate of drug-likeness (QED) is 0.446. The normalized spacial score (nSPS) is 11.7. The van der Waals surface area contributed by atoms with Gasteiger partial charge in [-0.25, -0.2) is 4.79 Å². The molecule has 8 nitrogen and oxygen atoms in total. The van der Waals surface area contributed by atoms with Crippen LogP contribution in [0.5, 0.6) is 0 Å². The third kappa shape index (κ3) is 5.41. The van der Waals surface area contributed by atoms with Gasteiger partial charge < -0.3 is 14.6 Å². The van der Waals surface area contributed by atoms with Crippen LogP contribution in [0.15, 0.2) is 60.0 Å². The van der Waals surface area contributed by atoms with Crippen molar-refractivity contribution in [3.63, 3.8) is 0 Å². The third-order valence-corrected chi connectivity index (χ3v) is 5.23. The topological polar surface area (TPSA) is 99.0 Å². The van der Waals surface area contributed by atoms with Gasteiger partial charge in [-0.15, -0.1) is 10.2 Å². The van der Waals surface area contributed by atoms with Gasteiger partial charge in [0.05, 0.1) is 12.9 Å². The molecule has 0 unspecified atom stereocenters. The average Bonchev–Trinajstić information content (AvgIpc) is 3.13. The standard InChI is InChI=1S/C20H21N5O3S/c1-25-18(15-8-10-21-11-9-15)23-24-20(25)29-13-17(26)22-16(19(27)28-2)12-14-6-4-3-5-7-14/h3-11,16H,12-13H2,1-2H3,(H,22,26)/t16-/m1/s1. The van der Waals surface area contributed by atoms with Crippen molar-refractivity contribution in [2.75, 3.05) is 12.9 Å². The maximum Gasteiger partial charge on any atom is 0.328 e. The minimum atomic E-state index is -0.748. The summed E-state index contributed by atoms with van der Waals surface area (Å²) >= 11 is 1.25. The first-order chi connectivity index (χ1) is 14.1. The van der Waals surface area contributed by atoms with Crippen molar-refractivity contribution in [2.45, 2.75) is 17.6 Å². The van der Waals surface area contributed by atoms with Crippen molar-refractivity contribution in [1.82, 2.24) is 25.1 Å². The van der Waals surface area contributed by atoms with Crippen molar-refractivity contribution >= 4 is 23.6 Å². The van der Waals surface area contributed by atoms with E-state index < -0.39 is 12.0 Å². The van der Waals surface area contributed by atoms with Crippen LogP contribution < -0.4 is 5.32 Å². The number of hydrogen-bond acceptors (Lipinski definition) is 7. The largest absolute Gasteiger partial charge is 0.467 e. The second kappa shape index (κ2) is 9.83. The Labute approximate surface area is 172 Å². The minimum Gasteiger partial charge on any atom is -0.467 e. The molecule has 29 heavy (non-hydrogen) atoms. The summed E-state index contributed by atoms with van der Waals surface area (Å²) < 4.78 is 6.64. The van der Waals surface area contributed by atoms with Crippen LogP contribution in [0.4, 0.5) is 0 Å². The summed E-state index contributed by atoms with van der Waals surface area (Å²) in [6.07, 6.45) is 3.73. The van der Waals surface area contributed by atoms with Crippen LogP contribution in [-0.4, -0.2) is 50.5 Å². The molecule has 1 N–H and O–H groups in total. The lowest BCUT2D eigenvalue weighted by molar-refractivity contribution is -0.144. The van der Waals surface area contributed by atoms with E-state index in [0.717, 1.165) is 11.1 Å². The number of esters is 1. The van der Waals surface area contributed by atoms with Crippen LogP contribution >= 0.6 is 11.8 Å². The Morgan fingerprint density at radius 1 is 1.14 bits per heavy atom. The zero-order valence-electron chi connectivity index (χ0n) is 16.1. The number of hydrogen-bond donors (Lipinski definition) is 1. The second-order valence-electron chi connectivity index (χ2n) is 6.22. The van der Waals surface area contributed by atoms with Crippen molar-refractivity contribution in [3.05, 3.63) is 60.4 Å². The van der Waals surface area contributed by atoms with Gasteiger partial charge in [0, 0.05) is 31.4 Å². The van der Waals surface area contributed by atoms with Crippen LogP contribution in [0.1, 0.15) is 5.56 Å². The van der Waals surface area contributed by atoms with Gasteiger partial charge in [0.25, 0.3) is 0 Å². The fourth-order valence-corrected chi connectivity index (χ4v) is 3.47. The molecule has 2 aromatic heterocycles. The number of carbonyl (C=O) groups is 2. The summed E-state index contributed by atoms with van der Waals surface area (Å²) in [4.78, 5) is 28.5. The summed E-state index contributed by atoms with van der Waals surface area (Å²) in [6.45, 7) is 0. The first-order valence-electron chi connectivity index (χ1n) is 8.92. The van der Waals surface area contributed by atoms with Gasteiger partial charge >= 0.3 is 5.97 Å². The Bertz CT molecular complexity index is 963. The molecule has 0 aliphatic heterocycles. The number of nitrogens with one attached hydrogen (secondary N) is 1. The molecule has 0 radical (unpaired) electrons. The van der Waals surface area contributed by atoms with E-state index in [9.17, 15) is 9.59 Å². The molecule has 0 saturated heterocycles. The number of rotatable bonds is 8. The molecule has 3 rings (SSSR count). The number of nitrogens with zero attached hydrogens (tertiary/aromatic N) is 4. The number of aromatic nitrogens is 4. The second-order valence-corrected chi connectivity index (χ2v) is 7.17. The predicted molar refractivity (Wildman–Crippen MR) is 109 cm³/mol. The van der Waals surface area contributed by atoms with Gasteiger partial charge in [0.1, 0.15) is 6.04 Å². The van der Waals surface area contributed by atoms with E-state index in [1.54, 1.807) is 12.4 Å². The van der Waals surface area contributed by atoms with Gasteiger partial charge in [-0.1, -0.05) is 42.1 Å². The number of benzene rings is 1. The Balaban J connectivity index is 1.61. The maximum atomic E-state index is 12.4. The molecule has 0 spiro atoms. The molecule has 2 heterocycles. The monoisotopic (exact) mass is 411 g/mol. The lowest BCUT2D eigenvalue weighted by Crippen LogP contribution is -2.43. The van der Waals surface area contributed by atoms with Crippen molar-refractivity contribution < 1.29 is 14.3 Å². The molecule has 1 amide bonds. The highest BCUT2D eigenvalue weighted by molar-refractivity contribution is 7.99. The molecule has 1 atom stereocenters. The average molecular weight is 411 g/mol. The third-order valence-electron chi connectivity index (χ3n) is 4.21. The van der Waals surface area contributed by atoms with Gasteiger partial charge in [-0.05, 0) is 17.7 Å². The summed E-state index contributed by atoms with van der Waals surface area (Å²) in [7, 11) is 3.14. The summed E-state index contributed by atoms with van der Waals surface area (Å²) in [6, 6.07) is 12.4. The lowest BCUT2D eigenvalue weighted by Gasteiger charge is -2.16. The summed E-state index contributed by atoms with van der Waals surface area (Å²) in [5.41, 5.74) is 1.83. The Morgan fingerprint density at radius 2 is 1.86 bits per heavy atom. The molecule has 3 aromatic rings. The SMILES string of the molecule is COC(=O)[C@@H](Cc1ccccc1)NC(=O)CSc1nnc(-c2ccncc2)n1C. The van der Waals surface area contributed by atoms with E-state index in [0.29, 0.717) is 17.4 Å². The Hall–Kier alpha value is -3.20. The van der Waals surface area contributed by atoms with E-state index in [2.05, 4.69) is 20.5 Å². The van der Waals surface area contributed by atoms with Crippen molar-refractivity contribution in [2.24, 2.45) is 7.05 Å². The smallest absolute Gasteiger partial charge is 0.328 e. The minimum absolute atomic E-state index is 0.102. The molecule has 0 aliphatic carbocycles. The fourth-order valence-electron chi connectivity index (χ4n) is 2.74. The number of carbonyl (C=O) groups excluding carboxylic acids is 2. The van der Waals surface area contributed by atoms with E-state index in [4.69, 9.17) is 4.74 Å². The first kappa shape index (κ1) is 20.5. The molecular weight excluding hydrogens is 390 g/mol. The van der Waals surface area contributed by atoms with E-state index >= 15 is 0 Å². The van der Waals surface area contributed by atoms with Crippen LogP contribution in [-0.2, 0) is 27.8 Å². The maximum absolute atomic E-state index is 12.4. The molecule has 0 bridgehead atoms. The van der Waals surface area contributed by atoms with Gasteiger partial charge in [-0.3, -0.25) is 9.78 Å². The number of amides is 1. The predicted octanol–water partition coefficient (Wildman–Crippen LogP) is 1.87. The van der Waals surface area contributed by atoms with E-state index in [1.165, 1.54) is 18.9 Å². The fraction of sp³-hybridized carbons (Fsp3) is 0.250. The van der Waals surface area contributed by atoms with Crippen LogP contribution in [0, 0.1) is 0 Å². The molecule has 0 aliphatic rings. The Kier molecular flexibility index (Phi) is 6.96. The zero-order valence-corrected chi connectivity index (χ0v) is 16.9. The first-order valence-corrected chi connectivity index (χ1v) is 9.90. The molecule has 150 valence electrons. The van der Waals surface area contributed by atoms with Crippen LogP contribution in [0.2, 0.25) is 0 Å². The molecule has 9 heteroatoms. The molecule has 0 saturated carbocycles. The number of thioether (sulfide) groups is 1. The number of ether oxygens (including phenoxy) is 1. The van der Waals surface area contributed by atoms with E-state index in [-0.39, 0.29) is 11.7 Å². The highest BCUT2D eigenvalue weighted by atomic mass is 32.2. The van der Waals surface area contributed by atoms with Gasteiger partial charge in [-0.2, -0.15) is 0 Å².